The molecule has 5 aromatic heterocycles. The van der Waals surface area contributed by atoms with Crippen LogP contribution >= 0.6 is 22.7 Å². The number of benzene rings is 6. The molecule has 6 heteroatoms. The molecule has 0 spiro atoms. The van der Waals surface area contributed by atoms with Crippen molar-refractivity contribution in [2.24, 2.45) is 0 Å². The van der Waals surface area contributed by atoms with Crippen LogP contribution in [0, 0.1) is 0 Å². The first-order chi connectivity index (χ1) is 22.8. The molecule has 0 bridgehead atoms. The third-order valence-corrected chi connectivity index (χ3v) is 13.0. The number of thiophene rings is 2. The summed E-state index contributed by atoms with van der Waals surface area (Å²) in [5, 5.41) is 9.09. The van der Waals surface area contributed by atoms with E-state index in [1.165, 1.54) is 101 Å². The van der Waals surface area contributed by atoms with Crippen molar-refractivity contribution in [2.45, 2.75) is 0 Å². The van der Waals surface area contributed by atoms with E-state index < -0.39 is 0 Å². The molecule has 6 aromatic carbocycles. The van der Waals surface area contributed by atoms with Crippen molar-refractivity contribution < 1.29 is 4.42 Å². The Balaban J connectivity index is 1.35. The van der Waals surface area contributed by atoms with Gasteiger partial charge in [0.15, 0.2) is 5.58 Å². The smallest absolute Gasteiger partial charge is 0.333 e. The van der Waals surface area contributed by atoms with E-state index in [1.54, 1.807) is 0 Å². The van der Waals surface area contributed by atoms with Gasteiger partial charge in [0.05, 0.1) is 21.4 Å². The molecular weight excluding hydrogens is 599 g/mol. The van der Waals surface area contributed by atoms with Crippen LogP contribution in [0.4, 0.5) is 0 Å². The summed E-state index contributed by atoms with van der Waals surface area (Å²) >= 11 is 3.87. The number of para-hydroxylation sites is 3. The molecular formula is C40H19BN2OS2. The third kappa shape index (κ3) is 2.39. The summed E-state index contributed by atoms with van der Waals surface area (Å²) in [6.07, 6.45) is 0. The van der Waals surface area contributed by atoms with Gasteiger partial charge in [0, 0.05) is 58.2 Å². The molecule has 7 heterocycles. The minimum atomic E-state index is 0.0157. The van der Waals surface area contributed by atoms with Gasteiger partial charge in [-0.15, -0.1) is 22.7 Å². The summed E-state index contributed by atoms with van der Waals surface area (Å²) in [6.45, 7) is 0.0157. The average molecular weight is 619 g/mol. The molecule has 3 nitrogen and oxygen atoms in total. The minimum absolute atomic E-state index is 0.0157. The van der Waals surface area contributed by atoms with Gasteiger partial charge in [-0.1, -0.05) is 78.9 Å². The van der Waals surface area contributed by atoms with Gasteiger partial charge < -0.3 is 13.5 Å². The molecule has 0 saturated heterocycles. The number of hydrogen-bond donors (Lipinski definition) is 0. The minimum Gasteiger partial charge on any atom is -0.454 e. The zero-order valence-electron chi connectivity index (χ0n) is 24.2. The van der Waals surface area contributed by atoms with Crippen molar-refractivity contribution >= 4 is 125 Å². The Hall–Kier alpha value is -5.30. The van der Waals surface area contributed by atoms with E-state index in [-0.39, 0.29) is 6.85 Å². The predicted molar refractivity (Wildman–Crippen MR) is 198 cm³/mol. The van der Waals surface area contributed by atoms with Gasteiger partial charge >= 0.3 is 6.85 Å². The van der Waals surface area contributed by atoms with E-state index in [0.717, 1.165) is 11.2 Å². The standard InChI is InChI=1S/C40H19BN2OS2/c1-4-16-29-22(10-1)36-38(44-29)25-14-7-12-21-26-19-27-20-9-2-5-17-30(20)45-39(27)37-33(26)41(43(36)34(21)25)28-15-8-13-24-32-23-11-3-6-18-31(23)46-40(32)42(37)35(24)28/h1-19H. The lowest BCUT2D eigenvalue weighted by Crippen LogP contribution is -2.55. The highest BCUT2D eigenvalue weighted by molar-refractivity contribution is 7.27. The van der Waals surface area contributed by atoms with Crippen LogP contribution in [0.5, 0.6) is 0 Å². The lowest BCUT2D eigenvalue weighted by atomic mass is 9.45. The summed E-state index contributed by atoms with van der Waals surface area (Å²) in [7, 11) is 0. The van der Waals surface area contributed by atoms with Gasteiger partial charge in [-0.3, -0.25) is 0 Å². The number of fused-ring (bicyclic) bond motifs is 18. The maximum Gasteiger partial charge on any atom is 0.333 e. The number of aromatic nitrogens is 2. The van der Waals surface area contributed by atoms with Crippen molar-refractivity contribution in [3.63, 3.8) is 0 Å². The largest absolute Gasteiger partial charge is 0.454 e. The van der Waals surface area contributed by atoms with Crippen molar-refractivity contribution in [1.82, 2.24) is 9.05 Å². The second kappa shape index (κ2) is 7.56. The molecule has 0 radical (unpaired) electrons. The molecule has 0 N–H and O–H groups in total. The SMILES string of the molecule is c1ccc2c(c1)oc1c3cccc4c3n(c21)B1c2c-4cc3c(sc4ccccc43)c2-n2c3sc4ccccc4c3c3cccc1c32. The summed E-state index contributed by atoms with van der Waals surface area (Å²) in [6, 6.07) is 42.7. The van der Waals surface area contributed by atoms with Gasteiger partial charge in [-0.2, -0.15) is 0 Å². The summed E-state index contributed by atoms with van der Waals surface area (Å²) in [5.74, 6) is 0. The van der Waals surface area contributed by atoms with E-state index in [4.69, 9.17) is 4.42 Å². The maximum atomic E-state index is 6.70. The quantitative estimate of drug-likeness (QED) is 0.155. The van der Waals surface area contributed by atoms with Crippen molar-refractivity contribution in [2.75, 3.05) is 0 Å². The first-order valence-corrected chi connectivity index (χ1v) is 17.4. The Labute approximate surface area is 269 Å². The predicted octanol–water partition coefficient (Wildman–Crippen LogP) is 10.2. The van der Waals surface area contributed by atoms with Crippen LogP contribution in [0.15, 0.2) is 120 Å². The number of rotatable bonds is 0. The lowest BCUT2D eigenvalue weighted by Gasteiger charge is -2.34. The summed E-state index contributed by atoms with van der Waals surface area (Å²) < 4.78 is 16.0. The van der Waals surface area contributed by atoms with E-state index in [2.05, 4.69) is 124 Å². The van der Waals surface area contributed by atoms with Gasteiger partial charge in [-0.25, -0.2) is 0 Å². The summed E-state index contributed by atoms with van der Waals surface area (Å²) in [5.41, 5.74) is 12.5. The van der Waals surface area contributed by atoms with E-state index in [0.29, 0.717) is 0 Å². The Bertz CT molecular complexity index is 3220. The van der Waals surface area contributed by atoms with Crippen LogP contribution in [0.2, 0.25) is 0 Å². The zero-order chi connectivity index (χ0) is 29.4. The topological polar surface area (TPSA) is 23.0 Å². The summed E-state index contributed by atoms with van der Waals surface area (Å²) in [4.78, 5) is 1.34. The van der Waals surface area contributed by atoms with Crippen LogP contribution in [-0.2, 0) is 0 Å². The molecule has 2 aliphatic heterocycles. The third-order valence-electron chi connectivity index (χ3n) is 10.7. The van der Waals surface area contributed by atoms with Crippen LogP contribution < -0.4 is 10.9 Å². The molecule has 2 aliphatic rings. The Kier molecular flexibility index (Phi) is 3.80. The highest BCUT2D eigenvalue weighted by Crippen LogP contribution is 2.50. The van der Waals surface area contributed by atoms with E-state index >= 15 is 0 Å². The van der Waals surface area contributed by atoms with Crippen molar-refractivity contribution in [3.05, 3.63) is 115 Å². The molecule has 210 valence electrons. The molecule has 0 unspecified atom stereocenters. The Morgan fingerprint density at radius 2 is 1.30 bits per heavy atom. The first kappa shape index (κ1) is 23.1. The monoisotopic (exact) mass is 618 g/mol. The zero-order valence-corrected chi connectivity index (χ0v) is 25.8. The molecule has 13 rings (SSSR count). The average Bonchev–Trinajstić information content (AvgIpc) is 3.89. The molecule has 0 atom stereocenters. The van der Waals surface area contributed by atoms with E-state index in [1.807, 2.05) is 22.7 Å². The van der Waals surface area contributed by atoms with Crippen LogP contribution in [-0.4, -0.2) is 15.9 Å². The fraction of sp³-hybridized carbons (Fsp3) is 0. The normalized spacial score (nSPS) is 13.6. The van der Waals surface area contributed by atoms with Gasteiger partial charge in [0.25, 0.3) is 0 Å². The van der Waals surface area contributed by atoms with Crippen LogP contribution in [0.3, 0.4) is 0 Å². The fourth-order valence-corrected chi connectivity index (χ4v) is 11.5. The highest BCUT2D eigenvalue weighted by atomic mass is 32.1. The van der Waals surface area contributed by atoms with Gasteiger partial charge in [-0.05, 0) is 52.9 Å². The lowest BCUT2D eigenvalue weighted by molar-refractivity contribution is 0.673. The van der Waals surface area contributed by atoms with Crippen LogP contribution in [0.1, 0.15) is 0 Å². The van der Waals surface area contributed by atoms with Gasteiger partial charge in [0.1, 0.15) is 10.4 Å². The number of nitrogens with zero attached hydrogens (tertiary/aromatic N) is 2. The van der Waals surface area contributed by atoms with Crippen molar-refractivity contribution in [3.8, 4) is 16.8 Å². The molecule has 0 fully saturated rings. The molecule has 0 saturated carbocycles. The molecule has 11 aromatic rings. The van der Waals surface area contributed by atoms with E-state index in [9.17, 15) is 0 Å². The Morgan fingerprint density at radius 3 is 2.22 bits per heavy atom. The van der Waals surface area contributed by atoms with Crippen molar-refractivity contribution in [1.29, 1.82) is 0 Å². The highest BCUT2D eigenvalue weighted by Gasteiger charge is 2.43. The molecule has 0 amide bonds. The number of hydrogen-bond acceptors (Lipinski definition) is 3. The van der Waals surface area contributed by atoms with Gasteiger partial charge in [0.2, 0.25) is 0 Å². The maximum absolute atomic E-state index is 6.70. The molecule has 46 heavy (non-hydrogen) atoms. The fourth-order valence-electron chi connectivity index (χ4n) is 9.03. The Morgan fingerprint density at radius 1 is 0.565 bits per heavy atom. The van der Waals surface area contributed by atoms with Crippen LogP contribution in [0.25, 0.3) is 101 Å². The number of furan rings is 1. The second-order valence-corrected chi connectivity index (χ2v) is 14.9. The first-order valence-electron chi connectivity index (χ1n) is 15.7. The molecule has 0 aliphatic carbocycles. The second-order valence-electron chi connectivity index (χ2n) is 12.8.